The monoisotopic (exact) mass is 336 g/mol. The van der Waals surface area contributed by atoms with Gasteiger partial charge in [0.15, 0.2) is 5.76 Å². The molecular formula is C18H25ClN2O2. The highest BCUT2D eigenvalue weighted by molar-refractivity contribution is 6.00. The molecule has 1 fully saturated rings. The fourth-order valence-corrected chi connectivity index (χ4v) is 3.41. The molecule has 23 heavy (non-hydrogen) atoms. The maximum Gasteiger partial charge on any atom is 0.287 e. The third kappa shape index (κ3) is 3.38. The molecule has 0 bridgehead atoms. The first kappa shape index (κ1) is 17.8. The molecule has 1 aromatic heterocycles. The van der Waals surface area contributed by atoms with Crippen LogP contribution < -0.4 is 10.6 Å². The largest absolute Gasteiger partial charge is 0.450 e. The molecule has 2 aromatic rings. The lowest BCUT2D eigenvalue weighted by Gasteiger charge is -2.28. The number of hydrogen-bond donors (Lipinski definition) is 2. The van der Waals surface area contributed by atoms with Gasteiger partial charge in [0.2, 0.25) is 0 Å². The first-order valence-electron chi connectivity index (χ1n) is 8.01. The molecule has 1 aliphatic heterocycles. The van der Waals surface area contributed by atoms with Crippen LogP contribution in [0.2, 0.25) is 0 Å². The zero-order chi connectivity index (χ0) is 15.9. The van der Waals surface area contributed by atoms with E-state index in [2.05, 4.69) is 30.5 Å². The average Bonchev–Trinajstić information content (AvgIpc) is 2.82. The van der Waals surface area contributed by atoms with Crippen LogP contribution in [0.4, 0.5) is 0 Å². The number of amides is 1. The van der Waals surface area contributed by atoms with Gasteiger partial charge in [0.1, 0.15) is 5.58 Å². The van der Waals surface area contributed by atoms with Crippen LogP contribution >= 0.6 is 12.4 Å². The molecule has 0 radical (unpaired) electrons. The smallest absolute Gasteiger partial charge is 0.287 e. The van der Waals surface area contributed by atoms with Crippen LogP contribution in [0.25, 0.3) is 11.0 Å². The van der Waals surface area contributed by atoms with Crippen LogP contribution in [0.5, 0.6) is 0 Å². The lowest BCUT2D eigenvalue weighted by molar-refractivity contribution is 0.0899. The zero-order valence-corrected chi connectivity index (χ0v) is 15.0. The lowest BCUT2D eigenvalue weighted by Crippen LogP contribution is -2.46. The van der Waals surface area contributed by atoms with Crippen molar-refractivity contribution in [1.29, 1.82) is 0 Å². The van der Waals surface area contributed by atoms with Crippen molar-refractivity contribution in [1.82, 2.24) is 10.6 Å². The van der Waals surface area contributed by atoms with Gasteiger partial charge in [-0.2, -0.15) is 0 Å². The minimum absolute atomic E-state index is 0. The number of carbonyl (C=O) groups is 1. The van der Waals surface area contributed by atoms with E-state index in [1.54, 1.807) is 0 Å². The molecule has 1 amide bonds. The van der Waals surface area contributed by atoms with Crippen molar-refractivity contribution in [3.05, 3.63) is 34.6 Å². The molecule has 0 spiro atoms. The Balaban J connectivity index is 0.00000192. The second-order valence-corrected chi connectivity index (χ2v) is 6.51. The SMILES string of the molecule is Cc1ccc(C)c2c(C)c(C(=O)NC3CCNC(C)C3)oc12.Cl. The summed E-state index contributed by atoms with van der Waals surface area (Å²) in [4.78, 5) is 12.6. The van der Waals surface area contributed by atoms with Crippen molar-refractivity contribution in [2.75, 3.05) is 6.54 Å². The predicted molar refractivity (Wildman–Crippen MR) is 95.6 cm³/mol. The molecule has 2 N–H and O–H groups in total. The van der Waals surface area contributed by atoms with Crippen molar-refractivity contribution in [3.63, 3.8) is 0 Å². The van der Waals surface area contributed by atoms with E-state index in [-0.39, 0.29) is 24.4 Å². The number of fused-ring (bicyclic) bond motifs is 1. The molecule has 1 aromatic carbocycles. The van der Waals surface area contributed by atoms with Gasteiger partial charge >= 0.3 is 0 Å². The molecule has 0 aliphatic carbocycles. The number of piperidine rings is 1. The number of aryl methyl sites for hydroxylation is 3. The van der Waals surface area contributed by atoms with Crippen LogP contribution in [0, 0.1) is 20.8 Å². The number of carbonyl (C=O) groups excluding carboxylic acids is 1. The van der Waals surface area contributed by atoms with Crippen LogP contribution in [-0.2, 0) is 0 Å². The second-order valence-electron chi connectivity index (χ2n) is 6.51. The summed E-state index contributed by atoms with van der Waals surface area (Å²) in [6, 6.07) is 4.78. The number of hydrogen-bond acceptors (Lipinski definition) is 3. The summed E-state index contributed by atoms with van der Waals surface area (Å²) >= 11 is 0. The second kappa shape index (κ2) is 6.93. The molecule has 126 valence electrons. The number of benzene rings is 1. The highest BCUT2D eigenvalue weighted by Gasteiger charge is 2.24. The van der Waals surface area contributed by atoms with E-state index < -0.39 is 0 Å². The van der Waals surface area contributed by atoms with Gasteiger partial charge in [0, 0.05) is 23.0 Å². The van der Waals surface area contributed by atoms with Gasteiger partial charge < -0.3 is 15.1 Å². The third-order valence-corrected chi connectivity index (χ3v) is 4.65. The number of nitrogens with one attached hydrogen (secondary N) is 2. The van der Waals surface area contributed by atoms with Crippen molar-refractivity contribution < 1.29 is 9.21 Å². The van der Waals surface area contributed by atoms with Crippen LogP contribution in [0.3, 0.4) is 0 Å². The molecular weight excluding hydrogens is 312 g/mol. The highest BCUT2D eigenvalue weighted by atomic mass is 35.5. The topological polar surface area (TPSA) is 54.3 Å². The molecule has 1 aliphatic rings. The van der Waals surface area contributed by atoms with Gasteiger partial charge in [-0.05, 0) is 58.2 Å². The molecule has 0 saturated carbocycles. The first-order valence-corrected chi connectivity index (χ1v) is 8.01. The van der Waals surface area contributed by atoms with Crippen LogP contribution in [-0.4, -0.2) is 24.5 Å². The van der Waals surface area contributed by atoms with Crippen molar-refractivity contribution >= 4 is 29.3 Å². The average molecular weight is 337 g/mol. The minimum atomic E-state index is -0.0911. The Kier molecular flexibility index (Phi) is 5.37. The van der Waals surface area contributed by atoms with Gasteiger partial charge in [-0.3, -0.25) is 4.79 Å². The maximum absolute atomic E-state index is 12.6. The first-order chi connectivity index (χ1) is 10.5. The van der Waals surface area contributed by atoms with E-state index in [1.165, 1.54) is 0 Å². The Morgan fingerprint density at radius 2 is 1.96 bits per heavy atom. The number of furan rings is 1. The summed E-state index contributed by atoms with van der Waals surface area (Å²) in [5, 5.41) is 7.60. The quantitative estimate of drug-likeness (QED) is 0.880. The van der Waals surface area contributed by atoms with E-state index in [1.807, 2.05) is 19.9 Å². The van der Waals surface area contributed by atoms with E-state index in [0.717, 1.165) is 47.0 Å². The predicted octanol–water partition coefficient (Wildman–Crippen LogP) is 3.65. The number of halogens is 1. The molecule has 5 heteroatoms. The van der Waals surface area contributed by atoms with Gasteiger partial charge in [-0.25, -0.2) is 0 Å². The number of rotatable bonds is 2. The van der Waals surface area contributed by atoms with Gasteiger partial charge in [0.05, 0.1) is 0 Å². The Bertz CT molecular complexity index is 723. The van der Waals surface area contributed by atoms with E-state index in [4.69, 9.17) is 4.42 Å². The fraction of sp³-hybridized carbons (Fsp3) is 0.500. The van der Waals surface area contributed by atoms with E-state index in [0.29, 0.717) is 11.8 Å². The molecule has 2 atom stereocenters. The summed E-state index contributed by atoms with van der Waals surface area (Å²) in [5.74, 6) is 0.366. The maximum atomic E-state index is 12.6. The van der Waals surface area contributed by atoms with Crippen LogP contribution in [0.15, 0.2) is 16.5 Å². The van der Waals surface area contributed by atoms with E-state index >= 15 is 0 Å². The van der Waals surface area contributed by atoms with E-state index in [9.17, 15) is 4.79 Å². The Morgan fingerprint density at radius 3 is 2.61 bits per heavy atom. The third-order valence-electron chi connectivity index (χ3n) is 4.65. The van der Waals surface area contributed by atoms with Crippen molar-refractivity contribution in [2.45, 2.75) is 52.6 Å². The summed E-state index contributed by atoms with van der Waals surface area (Å²) in [6.07, 6.45) is 1.93. The Morgan fingerprint density at radius 1 is 1.26 bits per heavy atom. The molecule has 1 saturated heterocycles. The van der Waals surface area contributed by atoms with Crippen molar-refractivity contribution in [3.8, 4) is 0 Å². The highest BCUT2D eigenvalue weighted by Crippen LogP contribution is 2.30. The Hall–Kier alpha value is -1.52. The van der Waals surface area contributed by atoms with Crippen LogP contribution in [0.1, 0.15) is 47.0 Å². The summed E-state index contributed by atoms with van der Waals surface area (Å²) in [6.45, 7) is 9.14. The molecule has 2 heterocycles. The molecule has 2 unspecified atom stereocenters. The minimum Gasteiger partial charge on any atom is -0.450 e. The fourth-order valence-electron chi connectivity index (χ4n) is 3.41. The van der Waals surface area contributed by atoms with Gasteiger partial charge in [-0.1, -0.05) is 12.1 Å². The van der Waals surface area contributed by atoms with Crippen molar-refractivity contribution in [2.24, 2.45) is 0 Å². The van der Waals surface area contributed by atoms with Gasteiger partial charge in [0.25, 0.3) is 5.91 Å². The standard InChI is InChI=1S/C18H24N2O2.ClH/c1-10-5-6-11(2)16-15(10)13(4)17(22-16)18(21)20-14-7-8-19-12(3)9-14;/h5-6,12,14,19H,7-9H2,1-4H3,(H,20,21);1H. The Labute approximate surface area is 143 Å². The summed E-state index contributed by atoms with van der Waals surface area (Å²) < 4.78 is 5.91. The summed E-state index contributed by atoms with van der Waals surface area (Å²) in [5.41, 5.74) is 3.99. The lowest BCUT2D eigenvalue weighted by atomic mass is 10.00. The summed E-state index contributed by atoms with van der Waals surface area (Å²) in [7, 11) is 0. The van der Waals surface area contributed by atoms with Gasteiger partial charge in [-0.15, -0.1) is 12.4 Å². The normalized spacial score (nSPS) is 21.0. The molecule has 3 rings (SSSR count). The molecule has 4 nitrogen and oxygen atoms in total. The zero-order valence-electron chi connectivity index (χ0n) is 14.2.